The van der Waals surface area contributed by atoms with Crippen LogP contribution in [0.3, 0.4) is 0 Å². The second kappa shape index (κ2) is 11.8. The van der Waals surface area contributed by atoms with Crippen LogP contribution >= 0.6 is 0 Å². The Labute approximate surface area is 189 Å². The molecule has 2 aliphatic heterocycles. The number of nitrogens with one attached hydrogen (secondary N) is 2. The number of nitrogens with zero attached hydrogens (tertiary/aromatic N) is 2. The Morgan fingerprint density at radius 1 is 1.00 bits per heavy atom. The SMILES string of the molecule is CNC(=O)C1CCN(Cc2ccc(NC(=O)CCN3CCC(OC(N)=O)CC3)cc2)CC1. The number of ether oxygens (including phenoxy) is 1. The molecule has 2 fully saturated rings. The fourth-order valence-corrected chi connectivity index (χ4v) is 4.41. The molecule has 0 saturated carbocycles. The van der Waals surface area contributed by atoms with E-state index in [0.717, 1.165) is 64.1 Å². The van der Waals surface area contributed by atoms with Gasteiger partial charge in [0.05, 0.1) is 0 Å². The number of hydrogen-bond donors (Lipinski definition) is 3. The zero-order valence-corrected chi connectivity index (χ0v) is 18.8. The van der Waals surface area contributed by atoms with E-state index >= 15 is 0 Å². The van der Waals surface area contributed by atoms with Gasteiger partial charge in [0.15, 0.2) is 0 Å². The Balaban J connectivity index is 1.34. The van der Waals surface area contributed by atoms with Gasteiger partial charge < -0.3 is 26.0 Å². The first-order chi connectivity index (χ1) is 15.4. The highest BCUT2D eigenvalue weighted by atomic mass is 16.6. The van der Waals surface area contributed by atoms with Crippen LogP contribution in [-0.2, 0) is 20.9 Å². The molecule has 1 aromatic rings. The van der Waals surface area contributed by atoms with Gasteiger partial charge >= 0.3 is 6.09 Å². The van der Waals surface area contributed by atoms with Crippen LogP contribution < -0.4 is 16.4 Å². The number of likely N-dealkylation sites (tertiary alicyclic amines) is 2. The lowest BCUT2D eigenvalue weighted by molar-refractivity contribution is -0.126. The minimum Gasteiger partial charge on any atom is -0.446 e. The highest BCUT2D eigenvalue weighted by Crippen LogP contribution is 2.20. The molecule has 0 unspecified atom stereocenters. The van der Waals surface area contributed by atoms with Gasteiger partial charge in [-0.25, -0.2) is 4.79 Å². The van der Waals surface area contributed by atoms with E-state index in [-0.39, 0.29) is 23.8 Å². The lowest BCUT2D eigenvalue weighted by Crippen LogP contribution is -2.39. The summed E-state index contributed by atoms with van der Waals surface area (Å²) < 4.78 is 5.03. The standard InChI is InChI=1S/C23H35N5O4/c1-25-22(30)18-6-11-28(12-7-18)16-17-2-4-19(5-3-17)26-21(29)10-15-27-13-8-20(9-14-27)32-23(24)31/h2-5,18,20H,6-16H2,1H3,(H2,24,31)(H,25,30)(H,26,29). The number of hydrogen-bond acceptors (Lipinski definition) is 6. The topological polar surface area (TPSA) is 117 Å². The first kappa shape index (κ1) is 24.0. The smallest absolute Gasteiger partial charge is 0.404 e. The summed E-state index contributed by atoms with van der Waals surface area (Å²) in [6.45, 7) is 4.95. The predicted molar refractivity (Wildman–Crippen MR) is 122 cm³/mol. The van der Waals surface area contributed by atoms with Crippen molar-refractivity contribution in [2.45, 2.75) is 44.8 Å². The molecule has 2 aliphatic rings. The van der Waals surface area contributed by atoms with Gasteiger partial charge in [-0.3, -0.25) is 14.5 Å². The number of benzene rings is 1. The maximum atomic E-state index is 12.3. The Bertz CT molecular complexity index is 769. The molecule has 32 heavy (non-hydrogen) atoms. The van der Waals surface area contributed by atoms with E-state index in [1.165, 1.54) is 5.56 Å². The molecule has 0 atom stereocenters. The number of piperidine rings is 2. The van der Waals surface area contributed by atoms with Crippen molar-refractivity contribution in [1.29, 1.82) is 0 Å². The largest absolute Gasteiger partial charge is 0.446 e. The van der Waals surface area contributed by atoms with E-state index in [0.29, 0.717) is 13.0 Å². The first-order valence-electron chi connectivity index (χ1n) is 11.4. The third-order valence-electron chi connectivity index (χ3n) is 6.32. The minimum atomic E-state index is -0.723. The van der Waals surface area contributed by atoms with Gasteiger partial charge in [-0.2, -0.15) is 0 Å². The fraction of sp³-hybridized carbons (Fsp3) is 0.609. The van der Waals surface area contributed by atoms with E-state index in [1.807, 2.05) is 24.3 Å². The third-order valence-corrected chi connectivity index (χ3v) is 6.32. The molecule has 0 spiro atoms. The van der Waals surface area contributed by atoms with Crippen molar-refractivity contribution in [3.8, 4) is 0 Å². The molecule has 9 heteroatoms. The number of carbonyl (C=O) groups excluding carboxylic acids is 3. The van der Waals surface area contributed by atoms with Crippen LogP contribution in [0.2, 0.25) is 0 Å². The molecule has 2 heterocycles. The summed E-state index contributed by atoms with van der Waals surface area (Å²) in [6, 6.07) is 7.97. The number of nitrogens with two attached hydrogens (primary N) is 1. The van der Waals surface area contributed by atoms with Gasteiger partial charge in [0, 0.05) is 51.3 Å². The van der Waals surface area contributed by atoms with Crippen LogP contribution in [0.5, 0.6) is 0 Å². The fourth-order valence-electron chi connectivity index (χ4n) is 4.41. The van der Waals surface area contributed by atoms with Crippen molar-refractivity contribution in [1.82, 2.24) is 15.1 Å². The molecule has 3 rings (SSSR count). The zero-order valence-electron chi connectivity index (χ0n) is 18.8. The first-order valence-corrected chi connectivity index (χ1v) is 11.4. The average Bonchev–Trinajstić information content (AvgIpc) is 2.79. The second-order valence-electron chi connectivity index (χ2n) is 8.64. The van der Waals surface area contributed by atoms with E-state index in [9.17, 15) is 14.4 Å². The molecular formula is C23H35N5O4. The highest BCUT2D eigenvalue weighted by molar-refractivity contribution is 5.90. The molecule has 0 radical (unpaired) electrons. The summed E-state index contributed by atoms with van der Waals surface area (Å²) >= 11 is 0. The van der Waals surface area contributed by atoms with E-state index < -0.39 is 6.09 Å². The molecule has 4 N–H and O–H groups in total. The third kappa shape index (κ3) is 7.49. The number of primary amides is 1. The molecule has 176 valence electrons. The zero-order chi connectivity index (χ0) is 22.9. The van der Waals surface area contributed by atoms with Gasteiger partial charge in [-0.05, 0) is 56.5 Å². The number of amides is 3. The Morgan fingerprint density at radius 2 is 1.62 bits per heavy atom. The Morgan fingerprint density at radius 3 is 2.22 bits per heavy atom. The maximum Gasteiger partial charge on any atom is 0.404 e. The minimum absolute atomic E-state index is 0.00969. The Hall–Kier alpha value is -2.65. The van der Waals surface area contributed by atoms with Crippen molar-refractivity contribution in [2.75, 3.05) is 45.1 Å². The molecule has 0 aromatic heterocycles. The van der Waals surface area contributed by atoms with Gasteiger partial charge in [-0.1, -0.05) is 12.1 Å². The lowest BCUT2D eigenvalue weighted by Gasteiger charge is -2.31. The second-order valence-corrected chi connectivity index (χ2v) is 8.64. The number of rotatable bonds is 8. The van der Waals surface area contributed by atoms with E-state index in [2.05, 4.69) is 20.4 Å². The number of anilines is 1. The number of carbonyl (C=O) groups is 3. The molecule has 9 nitrogen and oxygen atoms in total. The summed E-state index contributed by atoms with van der Waals surface area (Å²) in [5.41, 5.74) is 7.06. The van der Waals surface area contributed by atoms with Crippen molar-refractivity contribution in [2.24, 2.45) is 11.7 Å². The normalized spacial score (nSPS) is 18.8. The summed E-state index contributed by atoms with van der Waals surface area (Å²) in [6.07, 6.45) is 2.86. The average molecular weight is 446 g/mol. The van der Waals surface area contributed by atoms with E-state index in [1.54, 1.807) is 7.05 Å². The Kier molecular flexibility index (Phi) is 8.87. The monoisotopic (exact) mass is 445 g/mol. The van der Waals surface area contributed by atoms with Gasteiger partial charge in [-0.15, -0.1) is 0 Å². The van der Waals surface area contributed by atoms with Crippen LogP contribution in [0.4, 0.5) is 10.5 Å². The maximum absolute atomic E-state index is 12.3. The highest BCUT2D eigenvalue weighted by Gasteiger charge is 2.24. The summed E-state index contributed by atoms with van der Waals surface area (Å²) in [7, 11) is 1.70. The van der Waals surface area contributed by atoms with Crippen molar-refractivity contribution in [3.63, 3.8) is 0 Å². The molecule has 0 bridgehead atoms. The molecule has 3 amide bonds. The van der Waals surface area contributed by atoms with Crippen molar-refractivity contribution < 1.29 is 19.1 Å². The quantitative estimate of drug-likeness (QED) is 0.559. The van der Waals surface area contributed by atoms with Crippen molar-refractivity contribution >= 4 is 23.6 Å². The van der Waals surface area contributed by atoms with Gasteiger partial charge in [0.1, 0.15) is 6.10 Å². The van der Waals surface area contributed by atoms with Gasteiger partial charge in [0.25, 0.3) is 0 Å². The summed E-state index contributed by atoms with van der Waals surface area (Å²) in [4.78, 5) is 39.5. The lowest BCUT2D eigenvalue weighted by atomic mass is 9.95. The van der Waals surface area contributed by atoms with Crippen LogP contribution in [0.15, 0.2) is 24.3 Å². The van der Waals surface area contributed by atoms with Gasteiger partial charge in [0.2, 0.25) is 11.8 Å². The van der Waals surface area contributed by atoms with Crippen LogP contribution in [0.25, 0.3) is 0 Å². The predicted octanol–water partition coefficient (Wildman–Crippen LogP) is 1.53. The molecule has 0 aliphatic carbocycles. The van der Waals surface area contributed by atoms with E-state index in [4.69, 9.17) is 10.5 Å². The van der Waals surface area contributed by atoms with Crippen LogP contribution in [0, 0.1) is 5.92 Å². The molecule has 1 aromatic carbocycles. The summed E-state index contributed by atoms with van der Waals surface area (Å²) in [5, 5.41) is 5.70. The van der Waals surface area contributed by atoms with Crippen molar-refractivity contribution in [3.05, 3.63) is 29.8 Å². The van der Waals surface area contributed by atoms with Crippen LogP contribution in [-0.4, -0.2) is 73.6 Å². The molecular weight excluding hydrogens is 410 g/mol. The van der Waals surface area contributed by atoms with Crippen LogP contribution in [0.1, 0.15) is 37.7 Å². The molecule has 2 saturated heterocycles. The summed E-state index contributed by atoms with van der Waals surface area (Å²) in [5.74, 6) is 0.263.